The zero-order valence-corrected chi connectivity index (χ0v) is 14.6. The molecule has 1 N–H and O–H groups in total. The molecule has 0 aliphatic carbocycles. The van der Waals surface area contributed by atoms with Gasteiger partial charge in [-0.3, -0.25) is 4.90 Å². The Morgan fingerprint density at radius 2 is 1.85 bits per heavy atom. The van der Waals surface area contributed by atoms with Gasteiger partial charge in [0.05, 0.1) is 12.2 Å². The first kappa shape index (κ1) is 17.9. The number of rotatable bonds is 7. The van der Waals surface area contributed by atoms with E-state index >= 15 is 0 Å². The molecule has 1 fully saturated rings. The van der Waals surface area contributed by atoms with E-state index in [0.717, 1.165) is 26.2 Å². The summed E-state index contributed by atoms with van der Waals surface area (Å²) in [6.07, 6.45) is 4.96. The number of hydrogen-bond donors (Lipinski definition) is 1. The van der Waals surface area contributed by atoms with Crippen LogP contribution in [-0.2, 0) is 4.74 Å². The average molecular weight is 284 g/mol. The third-order valence-electron chi connectivity index (χ3n) is 4.62. The molecule has 3 nitrogen and oxygen atoms in total. The van der Waals surface area contributed by atoms with E-state index in [1.54, 1.807) is 0 Å². The van der Waals surface area contributed by atoms with Crippen molar-refractivity contribution in [3.63, 3.8) is 0 Å². The van der Waals surface area contributed by atoms with Gasteiger partial charge in [0.25, 0.3) is 0 Å². The summed E-state index contributed by atoms with van der Waals surface area (Å²) in [6, 6.07) is 0.676. The maximum Gasteiger partial charge on any atom is 0.0600 e. The van der Waals surface area contributed by atoms with Crippen LogP contribution in [0, 0.1) is 0 Å². The van der Waals surface area contributed by atoms with E-state index in [9.17, 15) is 0 Å². The first-order chi connectivity index (χ1) is 9.36. The molecule has 1 aliphatic heterocycles. The quantitative estimate of drug-likeness (QED) is 0.775. The van der Waals surface area contributed by atoms with E-state index in [0.29, 0.717) is 11.6 Å². The Labute approximate surface area is 126 Å². The minimum Gasteiger partial charge on any atom is -0.375 e. The van der Waals surface area contributed by atoms with E-state index in [1.165, 1.54) is 25.7 Å². The molecule has 1 heterocycles. The van der Waals surface area contributed by atoms with E-state index in [4.69, 9.17) is 4.74 Å². The molecule has 3 heteroatoms. The molecule has 1 aliphatic rings. The van der Waals surface area contributed by atoms with Crippen molar-refractivity contribution in [1.82, 2.24) is 10.2 Å². The van der Waals surface area contributed by atoms with E-state index in [1.807, 2.05) is 0 Å². The summed E-state index contributed by atoms with van der Waals surface area (Å²) in [4.78, 5) is 2.67. The standard InChI is InChI=1S/C17H36N2O/c1-7-10-15-13-18-17(8-2,9-3)14-19(15)11-12-20-16(4,5)6/h15,18H,7-14H2,1-6H3. The Bertz CT molecular complexity index is 269. The molecule has 0 aromatic carbocycles. The van der Waals surface area contributed by atoms with E-state index < -0.39 is 0 Å². The lowest BCUT2D eigenvalue weighted by Gasteiger charge is -2.47. The van der Waals surface area contributed by atoms with Crippen molar-refractivity contribution in [1.29, 1.82) is 0 Å². The average Bonchev–Trinajstić information content (AvgIpc) is 2.39. The molecule has 1 rings (SSSR count). The van der Waals surface area contributed by atoms with Gasteiger partial charge in [-0.15, -0.1) is 0 Å². The van der Waals surface area contributed by atoms with Crippen LogP contribution in [0.15, 0.2) is 0 Å². The fraction of sp³-hybridized carbons (Fsp3) is 1.00. The molecule has 0 aromatic rings. The summed E-state index contributed by atoms with van der Waals surface area (Å²) < 4.78 is 5.93. The SMILES string of the molecule is CCCC1CNC(CC)(CC)CN1CCOC(C)(C)C. The van der Waals surface area contributed by atoms with Gasteiger partial charge >= 0.3 is 0 Å². The summed E-state index contributed by atoms with van der Waals surface area (Å²) in [7, 11) is 0. The Hall–Kier alpha value is -0.120. The lowest BCUT2D eigenvalue weighted by molar-refractivity contribution is -0.0292. The molecule has 0 spiro atoms. The van der Waals surface area contributed by atoms with Crippen LogP contribution in [0.1, 0.15) is 67.2 Å². The van der Waals surface area contributed by atoms with E-state index in [2.05, 4.69) is 51.8 Å². The second-order valence-electron chi connectivity index (χ2n) is 7.24. The summed E-state index contributed by atoms with van der Waals surface area (Å²) in [5.41, 5.74) is 0.285. The highest BCUT2D eigenvalue weighted by atomic mass is 16.5. The van der Waals surface area contributed by atoms with Gasteiger partial charge in [-0.25, -0.2) is 0 Å². The Balaban J connectivity index is 2.59. The van der Waals surface area contributed by atoms with Crippen LogP contribution in [0.4, 0.5) is 0 Å². The van der Waals surface area contributed by atoms with Gasteiger partial charge in [-0.2, -0.15) is 0 Å². The number of ether oxygens (including phenoxy) is 1. The summed E-state index contributed by atoms with van der Waals surface area (Å²) in [5, 5.41) is 3.82. The van der Waals surface area contributed by atoms with Crippen LogP contribution < -0.4 is 5.32 Å². The van der Waals surface area contributed by atoms with Gasteiger partial charge < -0.3 is 10.1 Å². The summed E-state index contributed by atoms with van der Waals surface area (Å²) in [5.74, 6) is 0. The normalized spacial score (nSPS) is 24.0. The summed E-state index contributed by atoms with van der Waals surface area (Å²) in [6.45, 7) is 17.5. The number of nitrogens with zero attached hydrogens (tertiary/aromatic N) is 1. The summed E-state index contributed by atoms with van der Waals surface area (Å²) >= 11 is 0. The van der Waals surface area contributed by atoms with Crippen molar-refractivity contribution in [3.8, 4) is 0 Å². The first-order valence-electron chi connectivity index (χ1n) is 8.49. The van der Waals surface area contributed by atoms with Gasteiger partial charge in [-0.05, 0) is 40.0 Å². The van der Waals surface area contributed by atoms with Crippen LogP contribution in [-0.4, -0.2) is 48.3 Å². The fourth-order valence-electron chi connectivity index (χ4n) is 3.11. The van der Waals surface area contributed by atoms with Crippen molar-refractivity contribution in [3.05, 3.63) is 0 Å². The molecule has 1 atom stereocenters. The third kappa shape index (κ3) is 5.34. The highest BCUT2D eigenvalue weighted by molar-refractivity contribution is 4.96. The number of hydrogen-bond acceptors (Lipinski definition) is 3. The van der Waals surface area contributed by atoms with Crippen LogP contribution in [0.5, 0.6) is 0 Å². The zero-order chi connectivity index (χ0) is 15.2. The monoisotopic (exact) mass is 284 g/mol. The second kappa shape index (κ2) is 7.77. The van der Waals surface area contributed by atoms with Crippen molar-refractivity contribution in [2.75, 3.05) is 26.2 Å². The van der Waals surface area contributed by atoms with Crippen molar-refractivity contribution < 1.29 is 4.74 Å². The molecule has 1 saturated heterocycles. The molecular formula is C17H36N2O. The van der Waals surface area contributed by atoms with Crippen LogP contribution in [0.25, 0.3) is 0 Å². The van der Waals surface area contributed by atoms with Crippen LogP contribution in [0.2, 0.25) is 0 Å². The lowest BCUT2D eigenvalue weighted by atomic mass is 9.88. The maximum atomic E-state index is 5.93. The Morgan fingerprint density at radius 1 is 1.20 bits per heavy atom. The Morgan fingerprint density at radius 3 is 2.35 bits per heavy atom. The molecular weight excluding hydrogens is 248 g/mol. The van der Waals surface area contributed by atoms with Crippen molar-refractivity contribution >= 4 is 0 Å². The molecule has 20 heavy (non-hydrogen) atoms. The smallest absolute Gasteiger partial charge is 0.0600 e. The molecule has 0 amide bonds. The minimum atomic E-state index is -0.0269. The zero-order valence-electron chi connectivity index (χ0n) is 14.6. The van der Waals surface area contributed by atoms with Crippen LogP contribution in [0.3, 0.4) is 0 Å². The van der Waals surface area contributed by atoms with Gasteiger partial charge in [-0.1, -0.05) is 27.2 Å². The predicted molar refractivity (Wildman–Crippen MR) is 87.3 cm³/mol. The number of piperazine rings is 1. The number of nitrogens with one attached hydrogen (secondary N) is 1. The topological polar surface area (TPSA) is 24.5 Å². The highest BCUT2D eigenvalue weighted by Crippen LogP contribution is 2.24. The molecule has 0 radical (unpaired) electrons. The molecule has 1 unspecified atom stereocenters. The maximum absolute atomic E-state index is 5.93. The van der Waals surface area contributed by atoms with Gasteiger partial charge in [0.1, 0.15) is 0 Å². The van der Waals surface area contributed by atoms with Crippen LogP contribution >= 0.6 is 0 Å². The largest absolute Gasteiger partial charge is 0.375 e. The molecule has 0 aromatic heterocycles. The fourth-order valence-corrected chi connectivity index (χ4v) is 3.11. The second-order valence-corrected chi connectivity index (χ2v) is 7.24. The van der Waals surface area contributed by atoms with Gasteiger partial charge in [0.15, 0.2) is 0 Å². The van der Waals surface area contributed by atoms with Gasteiger partial charge in [0, 0.05) is 31.2 Å². The molecule has 120 valence electrons. The molecule has 0 bridgehead atoms. The van der Waals surface area contributed by atoms with Gasteiger partial charge in [0.2, 0.25) is 0 Å². The van der Waals surface area contributed by atoms with Crippen molar-refractivity contribution in [2.24, 2.45) is 0 Å². The predicted octanol–water partition coefficient (Wildman–Crippen LogP) is 3.43. The van der Waals surface area contributed by atoms with Crippen molar-refractivity contribution in [2.45, 2.75) is 84.4 Å². The third-order valence-corrected chi connectivity index (χ3v) is 4.62. The first-order valence-corrected chi connectivity index (χ1v) is 8.49. The highest BCUT2D eigenvalue weighted by Gasteiger charge is 2.36. The lowest BCUT2D eigenvalue weighted by Crippen LogP contribution is -2.64. The Kier molecular flexibility index (Phi) is 6.96. The van der Waals surface area contributed by atoms with E-state index in [-0.39, 0.29) is 5.60 Å². The molecule has 0 saturated carbocycles. The minimum absolute atomic E-state index is 0.0269.